The van der Waals surface area contributed by atoms with E-state index in [1.807, 2.05) is 27.7 Å². The highest BCUT2D eigenvalue weighted by molar-refractivity contribution is 5.93. The van der Waals surface area contributed by atoms with Gasteiger partial charge in [0.15, 0.2) is 0 Å². The van der Waals surface area contributed by atoms with E-state index in [4.69, 9.17) is 4.74 Å². The molecule has 2 atom stereocenters. The predicted octanol–water partition coefficient (Wildman–Crippen LogP) is 1.32. The van der Waals surface area contributed by atoms with Gasteiger partial charge in [0.1, 0.15) is 5.54 Å². The van der Waals surface area contributed by atoms with Crippen LogP contribution in [-0.4, -0.2) is 47.6 Å². The van der Waals surface area contributed by atoms with E-state index in [9.17, 15) is 9.59 Å². The Bertz CT molecular complexity index is 344. The molecule has 0 aromatic carbocycles. The smallest absolute Gasteiger partial charge is 0.248 e. The Kier molecular flexibility index (Phi) is 5.35. The summed E-state index contributed by atoms with van der Waals surface area (Å²) in [6, 6.07) is -0.0864. The summed E-state index contributed by atoms with van der Waals surface area (Å²) in [6.07, 6.45) is 1.09. The molecule has 5 nitrogen and oxygen atoms in total. The Balaban J connectivity index is 2.80. The van der Waals surface area contributed by atoms with Crippen molar-refractivity contribution in [3.63, 3.8) is 0 Å². The molecule has 0 aromatic heterocycles. The maximum atomic E-state index is 12.6. The summed E-state index contributed by atoms with van der Waals surface area (Å²) in [5.41, 5.74) is -0.792. The van der Waals surface area contributed by atoms with E-state index in [-0.39, 0.29) is 24.0 Å². The van der Waals surface area contributed by atoms with Crippen molar-refractivity contribution >= 4 is 11.8 Å². The fourth-order valence-corrected chi connectivity index (χ4v) is 2.26. The van der Waals surface area contributed by atoms with Crippen molar-refractivity contribution in [3.8, 4) is 0 Å². The molecular formula is C14H26N2O3. The monoisotopic (exact) mass is 270 g/mol. The zero-order valence-electron chi connectivity index (χ0n) is 12.7. The highest BCUT2D eigenvalue weighted by Crippen LogP contribution is 2.21. The molecule has 1 aliphatic heterocycles. The third-order valence-corrected chi connectivity index (χ3v) is 3.65. The number of nitrogens with one attached hydrogen (secondary N) is 1. The predicted molar refractivity (Wildman–Crippen MR) is 73.7 cm³/mol. The molecule has 0 spiro atoms. The minimum Gasteiger partial charge on any atom is -0.377 e. The van der Waals surface area contributed by atoms with E-state index in [1.165, 1.54) is 0 Å². The molecule has 2 unspecified atom stereocenters. The molecule has 0 radical (unpaired) electrons. The minimum absolute atomic E-state index is 0.0132. The van der Waals surface area contributed by atoms with Crippen LogP contribution in [0.15, 0.2) is 0 Å². The van der Waals surface area contributed by atoms with Gasteiger partial charge in [-0.15, -0.1) is 0 Å². The zero-order chi connectivity index (χ0) is 14.6. The Hall–Kier alpha value is -1.10. The zero-order valence-corrected chi connectivity index (χ0v) is 12.7. The first kappa shape index (κ1) is 16.0. The lowest BCUT2D eigenvalue weighted by molar-refractivity contribution is -0.140. The second-order valence-electron chi connectivity index (χ2n) is 5.71. The molecule has 2 amide bonds. The SMILES string of the molecule is CCC1(C)NC(=O)CC(C)N(CCOC(C)C)C1=O. The van der Waals surface area contributed by atoms with E-state index in [0.29, 0.717) is 26.0 Å². The molecule has 110 valence electrons. The quantitative estimate of drug-likeness (QED) is 0.819. The number of carbonyl (C=O) groups excluding carboxylic acids is 2. The van der Waals surface area contributed by atoms with Crippen molar-refractivity contribution in [2.24, 2.45) is 0 Å². The number of hydrogen-bond donors (Lipinski definition) is 1. The van der Waals surface area contributed by atoms with E-state index in [2.05, 4.69) is 5.32 Å². The first-order chi connectivity index (χ1) is 8.80. The van der Waals surface area contributed by atoms with Gasteiger partial charge in [0.2, 0.25) is 11.8 Å². The molecule has 19 heavy (non-hydrogen) atoms. The summed E-state index contributed by atoms with van der Waals surface area (Å²) in [7, 11) is 0. The van der Waals surface area contributed by atoms with Gasteiger partial charge in [0, 0.05) is 19.0 Å². The first-order valence-corrected chi connectivity index (χ1v) is 7.04. The van der Waals surface area contributed by atoms with Crippen LogP contribution in [0.4, 0.5) is 0 Å². The van der Waals surface area contributed by atoms with E-state index >= 15 is 0 Å². The molecule has 1 N–H and O–H groups in total. The van der Waals surface area contributed by atoms with Crippen LogP contribution < -0.4 is 5.32 Å². The van der Waals surface area contributed by atoms with Crippen LogP contribution in [0.1, 0.15) is 47.5 Å². The molecule has 1 aliphatic rings. The van der Waals surface area contributed by atoms with Crippen molar-refractivity contribution < 1.29 is 14.3 Å². The molecule has 1 saturated heterocycles. The summed E-state index contributed by atoms with van der Waals surface area (Å²) < 4.78 is 5.51. The number of rotatable bonds is 5. The third-order valence-electron chi connectivity index (χ3n) is 3.65. The Morgan fingerprint density at radius 2 is 2.11 bits per heavy atom. The van der Waals surface area contributed by atoms with Crippen molar-refractivity contribution in [1.82, 2.24) is 10.2 Å². The fourth-order valence-electron chi connectivity index (χ4n) is 2.26. The maximum absolute atomic E-state index is 12.6. The summed E-state index contributed by atoms with van der Waals surface area (Å²) in [6.45, 7) is 10.6. The average molecular weight is 270 g/mol. The molecule has 1 rings (SSSR count). The van der Waals surface area contributed by atoms with E-state index < -0.39 is 5.54 Å². The standard InChI is InChI=1S/C14H26N2O3/c1-6-14(5)13(18)16(7-8-19-10(2)3)11(4)9-12(17)15-14/h10-11H,6-9H2,1-5H3,(H,15,17). The normalized spacial score (nSPS) is 28.5. The maximum Gasteiger partial charge on any atom is 0.248 e. The highest BCUT2D eigenvalue weighted by atomic mass is 16.5. The van der Waals surface area contributed by atoms with Crippen LogP contribution >= 0.6 is 0 Å². The molecule has 1 fully saturated rings. The molecule has 0 saturated carbocycles. The summed E-state index contributed by atoms with van der Waals surface area (Å²) in [5, 5.41) is 2.84. The Morgan fingerprint density at radius 3 is 2.63 bits per heavy atom. The van der Waals surface area contributed by atoms with Gasteiger partial charge in [0.05, 0.1) is 12.7 Å². The van der Waals surface area contributed by atoms with Gasteiger partial charge < -0.3 is 15.0 Å². The number of amides is 2. The van der Waals surface area contributed by atoms with Crippen molar-refractivity contribution in [2.45, 2.75) is 65.1 Å². The van der Waals surface area contributed by atoms with E-state index in [1.54, 1.807) is 11.8 Å². The van der Waals surface area contributed by atoms with Gasteiger partial charge in [-0.25, -0.2) is 0 Å². The van der Waals surface area contributed by atoms with Gasteiger partial charge >= 0.3 is 0 Å². The van der Waals surface area contributed by atoms with Gasteiger partial charge in [-0.05, 0) is 34.1 Å². The fraction of sp³-hybridized carbons (Fsp3) is 0.857. The molecule has 5 heteroatoms. The lowest BCUT2D eigenvalue weighted by Crippen LogP contribution is -2.56. The average Bonchev–Trinajstić information content (AvgIpc) is 2.39. The number of nitrogens with zero attached hydrogens (tertiary/aromatic N) is 1. The van der Waals surface area contributed by atoms with Crippen LogP contribution in [0, 0.1) is 0 Å². The van der Waals surface area contributed by atoms with Crippen LogP contribution in [0.5, 0.6) is 0 Å². The lowest BCUT2D eigenvalue weighted by Gasteiger charge is -2.33. The molecule has 0 aromatic rings. The van der Waals surface area contributed by atoms with Gasteiger partial charge in [-0.2, -0.15) is 0 Å². The molecule has 0 aliphatic carbocycles. The van der Waals surface area contributed by atoms with Crippen molar-refractivity contribution in [1.29, 1.82) is 0 Å². The third kappa shape index (κ3) is 3.93. The molecule has 1 heterocycles. The highest BCUT2D eigenvalue weighted by Gasteiger charge is 2.41. The van der Waals surface area contributed by atoms with Crippen molar-refractivity contribution in [3.05, 3.63) is 0 Å². The Labute approximate surface area is 115 Å². The number of carbonyl (C=O) groups is 2. The van der Waals surface area contributed by atoms with Crippen molar-refractivity contribution in [2.75, 3.05) is 13.2 Å². The summed E-state index contributed by atoms with van der Waals surface area (Å²) in [5.74, 6) is -0.0711. The second-order valence-corrected chi connectivity index (χ2v) is 5.71. The second kappa shape index (κ2) is 6.37. The lowest BCUT2D eigenvalue weighted by atomic mass is 9.97. The first-order valence-electron chi connectivity index (χ1n) is 7.04. The van der Waals surface area contributed by atoms with Gasteiger partial charge in [0.25, 0.3) is 0 Å². The molecular weight excluding hydrogens is 244 g/mol. The van der Waals surface area contributed by atoms with E-state index in [0.717, 1.165) is 0 Å². The van der Waals surface area contributed by atoms with Crippen LogP contribution in [0.3, 0.4) is 0 Å². The van der Waals surface area contributed by atoms with Crippen LogP contribution in [0.2, 0.25) is 0 Å². The molecule has 0 bridgehead atoms. The van der Waals surface area contributed by atoms with Crippen LogP contribution in [0.25, 0.3) is 0 Å². The Morgan fingerprint density at radius 1 is 1.47 bits per heavy atom. The number of hydrogen-bond acceptors (Lipinski definition) is 3. The van der Waals surface area contributed by atoms with Crippen LogP contribution in [-0.2, 0) is 14.3 Å². The minimum atomic E-state index is -0.792. The van der Waals surface area contributed by atoms with Gasteiger partial charge in [-0.1, -0.05) is 6.92 Å². The summed E-state index contributed by atoms with van der Waals surface area (Å²) >= 11 is 0. The number of ether oxygens (including phenoxy) is 1. The summed E-state index contributed by atoms with van der Waals surface area (Å²) in [4.78, 5) is 26.2. The largest absolute Gasteiger partial charge is 0.377 e. The van der Waals surface area contributed by atoms with Gasteiger partial charge in [-0.3, -0.25) is 9.59 Å². The topological polar surface area (TPSA) is 58.6 Å².